The van der Waals surface area contributed by atoms with Gasteiger partial charge < -0.3 is 4.74 Å². The normalized spacial score (nSPS) is 30.6. The van der Waals surface area contributed by atoms with Crippen LogP contribution < -0.4 is 4.57 Å². The van der Waals surface area contributed by atoms with Crippen molar-refractivity contribution < 1.29 is 14.1 Å². The molecule has 2 aliphatic rings. The molecular weight excluding hydrogens is 298 g/mol. The number of nitrogens with zero attached hydrogens (tertiary/aromatic N) is 1. The van der Waals surface area contributed by atoms with Gasteiger partial charge in [0.2, 0.25) is 12.1 Å². The molecule has 3 nitrogen and oxygen atoms in total. The summed E-state index contributed by atoms with van der Waals surface area (Å²) >= 11 is 0. The summed E-state index contributed by atoms with van der Waals surface area (Å²) in [4.78, 5) is 12.6. The Morgan fingerprint density at radius 2 is 1.96 bits per heavy atom. The van der Waals surface area contributed by atoms with Crippen LogP contribution in [0.2, 0.25) is 0 Å². The fourth-order valence-electron chi connectivity index (χ4n) is 5.00. The molecule has 0 unspecified atom stereocenters. The van der Waals surface area contributed by atoms with Gasteiger partial charge in [-0.05, 0) is 42.7 Å². The van der Waals surface area contributed by atoms with Crippen molar-refractivity contribution in [2.75, 3.05) is 0 Å². The lowest BCUT2D eigenvalue weighted by Crippen LogP contribution is -2.43. The molecule has 0 radical (unpaired) electrons. The maximum Gasteiger partial charge on any atom is 0.372 e. The maximum absolute atomic E-state index is 12.6. The summed E-state index contributed by atoms with van der Waals surface area (Å²) in [7, 11) is 0. The third-order valence-corrected chi connectivity index (χ3v) is 7.08. The van der Waals surface area contributed by atoms with E-state index in [0.29, 0.717) is 5.92 Å². The molecule has 4 rings (SSSR count). The van der Waals surface area contributed by atoms with Crippen molar-refractivity contribution in [1.82, 2.24) is 0 Å². The fraction of sp³-hybridized carbons (Fsp3) is 0.524. The molecule has 0 N–H and O–H groups in total. The van der Waals surface area contributed by atoms with Gasteiger partial charge in [-0.2, -0.15) is 4.57 Å². The van der Waals surface area contributed by atoms with Crippen LogP contribution in [0.15, 0.2) is 42.6 Å². The molecule has 2 aliphatic carbocycles. The van der Waals surface area contributed by atoms with E-state index in [0.717, 1.165) is 17.3 Å². The standard InChI is InChI=1S/C21H26NO2/c1-20(2)16-10-11-21(20,3)18(13-16)24-19(23)14-22-12-6-8-15-7-4-5-9-17(15)22/h4-9,12,16,18H,10-11,13-14H2,1-3H3/q+1/t16-,18+,21+/m0/s1. The zero-order valence-electron chi connectivity index (χ0n) is 14.8. The van der Waals surface area contributed by atoms with Crippen LogP contribution in [0.5, 0.6) is 0 Å². The number of carbonyl (C=O) groups excluding carboxylic acids is 1. The lowest BCUT2D eigenvalue weighted by Gasteiger charge is -2.38. The number of carbonyl (C=O) groups is 1. The molecule has 2 aromatic rings. The number of hydrogen-bond donors (Lipinski definition) is 0. The van der Waals surface area contributed by atoms with Crippen LogP contribution in [0.25, 0.3) is 10.9 Å². The van der Waals surface area contributed by atoms with Crippen LogP contribution in [0, 0.1) is 16.7 Å². The molecule has 1 aromatic heterocycles. The number of pyridine rings is 1. The van der Waals surface area contributed by atoms with E-state index in [9.17, 15) is 4.79 Å². The molecule has 1 heterocycles. The summed E-state index contributed by atoms with van der Waals surface area (Å²) in [5, 5.41) is 1.14. The number of ether oxygens (including phenoxy) is 1. The Kier molecular flexibility index (Phi) is 3.45. The van der Waals surface area contributed by atoms with Crippen LogP contribution in [-0.4, -0.2) is 12.1 Å². The number of fused-ring (bicyclic) bond motifs is 3. The topological polar surface area (TPSA) is 30.2 Å². The van der Waals surface area contributed by atoms with E-state index in [1.807, 2.05) is 35.0 Å². The Balaban J connectivity index is 1.52. The van der Waals surface area contributed by atoms with E-state index in [1.54, 1.807) is 0 Å². The minimum absolute atomic E-state index is 0.0642. The first-order valence-electron chi connectivity index (χ1n) is 8.98. The molecule has 126 valence electrons. The van der Waals surface area contributed by atoms with Gasteiger partial charge in [0, 0.05) is 22.9 Å². The fourth-order valence-corrected chi connectivity index (χ4v) is 5.00. The van der Waals surface area contributed by atoms with E-state index in [-0.39, 0.29) is 29.4 Å². The second kappa shape index (κ2) is 5.30. The minimum Gasteiger partial charge on any atom is -0.457 e. The van der Waals surface area contributed by atoms with Crippen LogP contribution in [-0.2, 0) is 16.1 Å². The predicted octanol–water partition coefficient (Wildman–Crippen LogP) is 3.89. The summed E-state index contributed by atoms with van der Waals surface area (Å²) in [6, 6.07) is 12.2. The van der Waals surface area contributed by atoms with E-state index < -0.39 is 0 Å². The van der Waals surface area contributed by atoms with Gasteiger partial charge in [0.05, 0.1) is 0 Å². The zero-order chi connectivity index (χ0) is 16.9. The highest BCUT2D eigenvalue weighted by Crippen LogP contribution is 2.66. The van der Waals surface area contributed by atoms with Gasteiger partial charge >= 0.3 is 5.97 Å². The van der Waals surface area contributed by atoms with Gasteiger partial charge in [0.25, 0.3) is 0 Å². The second-order valence-corrected chi connectivity index (χ2v) is 8.28. The van der Waals surface area contributed by atoms with Crippen LogP contribution in [0.1, 0.15) is 40.0 Å². The van der Waals surface area contributed by atoms with Crippen molar-refractivity contribution in [3.8, 4) is 0 Å². The molecule has 1 aromatic carbocycles. The number of aromatic nitrogens is 1. The van der Waals surface area contributed by atoms with E-state index in [2.05, 4.69) is 32.9 Å². The zero-order valence-corrected chi connectivity index (χ0v) is 14.8. The van der Waals surface area contributed by atoms with Crippen molar-refractivity contribution in [1.29, 1.82) is 0 Å². The lowest BCUT2D eigenvalue weighted by molar-refractivity contribution is -0.660. The first kappa shape index (κ1) is 15.6. The molecule has 0 amide bonds. The molecular formula is C21H26NO2+. The van der Waals surface area contributed by atoms with Crippen molar-refractivity contribution >= 4 is 16.9 Å². The minimum atomic E-state index is -0.120. The summed E-state index contributed by atoms with van der Waals surface area (Å²) in [6.07, 6.45) is 5.49. The average molecular weight is 324 g/mol. The largest absolute Gasteiger partial charge is 0.457 e. The summed E-state index contributed by atoms with van der Waals surface area (Å²) in [6.45, 7) is 7.28. The number of benzene rings is 1. The average Bonchev–Trinajstić information content (AvgIpc) is 2.88. The number of esters is 1. The highest BCUT2D eigenvalue weighted by atomic mass is 16.5. The highest BCUT2D eigenvalue weighted by molar-refractivity contribution is 5.76. The number of para-hydroxylation sites is 1. The van der Waals surface area contributed by atoms with E-state index >= 15 is 0 Å². The molecule has 3 heteroatoms. The first-order chi connectivity index (χ1) is 11.4. The molecule has 2 saturated carbocycles. The number of rotatable bonds is 3. The van der Waals surface area contributed by atoms with Crippen LogP contribution in [0.4, 0.5) is 0 Å². The molecule has 2 bridgehead atoms. The second-order valence-electron chi connectivity index (χ2n) is 8.28. The smallest absolute Gasteiger partial charge is 0.372 e. The maximum atomic E-state index is 12.6. The Morgan fingerprint density at radius 3 is 2.67 bits per heavy atom. The quantitative estimate of drug-likeness (QED) is 0.633. The Morgan fingerprint density at radius 1 is 1.21 bits per heavy atom. The monoisotopic (exact) mass is 324 g/mol. The SMILES string of the molecule is CC1(C)[C@H]2CC[C@]1(C)[C@H](OC(=O)C[n+]1cccc3ccccc31)C2. The van der Waals surface area contributed by atoms with Gasteiger partial charge in [0.1, 0.15) is 6.10 Å². The molecule has 0 spiro atoms. The van der Waals surface area contributed by atoms with E-state index in [1.165, 1.54) is 12.8 Å². The van der Waals surface area contributed by atoms with Gasteiger partial charge in [-0.15, -0.1) is 0 Å². The van der Waals surface area contributed by atoms with Crippen molar-refractivity contribution in [3.63, 3.8) is 0 Å². The summed E-state index contributed by atoms with van der Waals surface area (Å²) in [5.74, 6) is 0.566. The third-order valence-electron chi connectivity index (χ3n) is 7.08. The predicted molar refractivity (Wildman–Crippen MR) is 93.3 cm³/mol. The van der Waals surface area contributed by atoms with Crippen molar-refractivity contribution in [2.45, 2.75) is 52.7 Å². The highest BCUT2D eigenvalue weighted by Gasteiger charge is 2.62. The molecule has 0 saturated heterocycles. The van der Waals surface area contributed by atoms with E-state index in [4.69, 9.17) is 4.74 Å². The molecule has 2 fully saturated rings. The van der Waals surface area contributed by atoms with Gasteiger partial charge in [-0.25, -0.2) is 4.79 Å². The molecule has 3 atom stereocenters. The van der Waals surface area contributed by atoms with Crippen LogP contribution >= 0.6 is 0 Å². The first-order valence-corrected chi connectivity index (χ1v) is 8.98. The summed E-state index contributed by atoms with van der Waals surface area (Å²) < 4.78 is 7.96. The Hall–Kier alpha value is -1.90. The number of hydrogen-bond acceptors (Lipinski definition) is 2. The van der Waals surface area contributed by atoms with Gasteiger partial charge in [0.15, 0.2) is 6.20 Å². The Bertz CT molecular complexity index is 792. The molecule has 24 heavy (non-hydrogen) atoms. The third kappa shape index (κ3) is 2.17. The van der Waals surface area contributed by atoms with Crippen molar-refractivity contribution in [3.05, 3.63) is 42.6 Å². The van der Waals surface area contributed by atoms with Gasteiger partial charge in [-0.1, -0.05) is 32.9 Å². The molecule has 0 aliphatic heterocycles. The lowest BCUT2D eigenvalue weighted by atomic mass is 9.70. The van der Waals surface area contributed by atoms with Crippen molar-refractivity contribution in [2.24, 2.45) is 16.7 Å². The van der Waals surface area contributed by atoms with Crippen LogP contribution in [0.3, 0.4) is 0 Å². The summed E-state index contributed by atoms with van der Waals surface area (Å²) in [5.41, 5.74) is 1.46. The Labute approximate surface area is 143 Å². The van der Waals surface area contributed by atoms with Gasteiger partial charge in [-0.3, -0.25) is 0 Å².